The second-order valence-corrected chi connectivity index (χ2v) is 4.71. The summed E-state index contributed by atoms with van der Waals surface area (Å²) >= 11 is 5.96. The van der Waals surface area contributed by atoms with E-state index in [-0.39, 0.29) is 5.28 Å². The Morgan fingerprint density at radius 3 is 2.90 bits per heavy atom. The number of imidazole rings is 1. The maximum Gasteiger partial charge on any atom is 0.241 e. The highest BCUT2D eigenvalue weighted by Gasteiger charge is 2.07. The van der Waals surface area contributed by atoms with E-state index in [4.69, 9.17) is 11.6 Å². The molecule has 0 atom stereocenters. The molecule has 106 valence electrons. The van der Waals surface area contributed by atoms with Gasteiger partial charge in [0.05, 0.1) is 0 Å². The van der Waals surface area contributed by atoms with Gasteiger partial charge in [-0.1, -0.05) is 19.1 Å². The number of aryl methyl sites for hydroxylation is 1. The van der Waals surface area contributed by atoms with Crippen LogP contribution >= 0.6 is 11.6 Å². The molecule has 0 aliphatic heterocycles. The molecule has 2 heterocycles. The van der Waals surface area contributed by atoms with Gasteiger partial charge in [-0.15, -0.1) is 0 Å². The molecule has 0 amide bonds. The average molecular weight is 301 g/mol. The number of anilines is 2. The van der Waals surface area contributed by atoms with Gasteiger partial charge in [0.25, 0.3) is 0 Å². The van der Waals surface area contributed by atoms with Gasteiger partial charge in [0.2, 0.25) is 17.2 Å². The summed E-state index contributed by atoms with van der Waals surface area (Å²) in [6, 6.07) is 8.06. The second-order valence-electron chi connectivity index (χ2n) is 4.38. The molecule has 3 rings (SSSR count). The normalized spacial score (nSPS) is 10.6. The molecule has 0 bridgehead atoms. The number of nitrogens with zero attached hydrogens (tertiary/aromatic N) is 5. The van der Waals surface area contributed by atoms with Crippen LogP contribution < -0.4 is 5.32 Å². The number of halogens is 1. The van der Waals surface area contributed by atoms with Crippen molar-refractivity contribution in [2.24, 2.45) is 0 Å². The lowest BCUT2D eigenvalue weighted by Crippen LogP contribution is -2.05. The number of rotatable bonds is 4. The van der Waals surface area contributed by atoms with E-state index in [1.54, 1.807) is 23.3 Å². The molecule has 7 heteroatoms. The van der Waals surface area contributed by atoms with Crippen molar-refractivity contribution in [2.75, 3.05) is 5.32 Å². The highest BCUT2D eigenvalue weighted by molar-refractivity contribution is 6.28. The third-order valence-corrected chi connectivity index (χ3v) is 3.09. The maximum atomic E-state index is 5.96. The molecule has 0 saturated carbocycles. The third kappa shape index (κ3) is 3.17. The molecule has 6 nitrogen and oxygen atoms in total. The van der Waals surface area contributed by atoms with Crippen LogP contribution in [0.4, 0.5) is 11.6 Å². The number of nitrogens with one attached hydrogen (secondary N) is 1. The van der Waals surface area contributed by atoms with Crippen molar-refractivity contribution in [3.8, 4) is 5.95 Å². The van der Waals surface area contributed by atoms with E-state index in [0.717, 1.165) is 12.1 Å². The highest BCUT2D eigenvalue weighted by atomic mass is 35.5. The predicted molar refractivity (Wildman–Crippen MR) is 81.1 cm³/mol. The second kappa shape index (κ2) is 5.88. The van der Waals surface area contributed by atoms with E-state index in [0.29, 0.717) is 11.9 Å². The summed E-state index contributed by atoms with van der Waals surface area (Å²) in [5.41, 5.74) is 2.14. The zero-order valence-corrected chi connectivity index (χ0v) is 12.1. The summed E-state index contributed by atoms with van der Waals surface area (Å²) in [7, 11) is 0. The van der Waals surface area contributed by atoms with E-state index >= 15 is 0 Å². The Bertz CT molecular complexity index is 741. The van der Waals surface area contributed by atoms with Gasteiger partial charge in [-0.25, -0.2) is 4.98 Å². The molecule has 0 unspecified atom stereocenters. The first-order valence-electron chi connectivity index (χ1n) is 6.50. The summed E-state index contributed by atoms with van der Waals surface area (Å²) in [5.74, 6) is 0.814. The van der Waals surface area contributed by atoms with Gasteiger partial charge in [0, 0.05) is 18.1 Å². The van der Waals surface area contributed by atoms with Crippen LogP contribution in [0.1, 0.15) is 12.5 Å². The Labute approximate surface area is 126 Å². The van der Waals surface area contributed by atoms with Crippen molar-refractivity contribution in [3.63, 3.8) is 0 Å². The summed E-state index contributed by atoms with van der Waals surface area (Å²) in [5, 5.41) is 3.27. The van der Waals surface area contributed by atoms with Crippen LogP contribution in [0.2, 0.25) is 5.28 Å². The molecule has 0 spiro atoms. The van der Waals surface area contributed by atoms with Crippen LogP contribution in [0.3, 0.4) is 0 Å². The molecule has 0 saturated heterocycles. The molecule has 0 fully saturated rings. The lowest BCUT2D eigenvalue weighted by atomic mass is 10.1. The van der Waals surface area contributed by atoms with Crippen LogP contribution in [0.15, 0.2) is 43.0 Å². The number of aromatic nitrogens is 5. The molecule has 1 aromatic carbocycles. The largest absolute Gasteiger partial charge is 0.324 e. The fourth-order valence-corrected chi connectivity index (χ4v) is 2.04. The zero-order valence-electron chi connectivity index (χ0n) is 11.4. The Hall–Kier alpha value is -2.47. The van der Waals surface area contributed by atoms with Gasteiger partial charge in [0.1, 0.15) is 6.33 Å². The van der Waals surface area contributed by atoms with Crippen LogP contribution in [0.5, 0.6) is 0 Å². The Morgan fingerprint density at radius 2 is 2.14 bits per heavy atom. The van der Waals surface area contributed by atoms with Gasteiger partial charge in [-0.3, -0.25) is 4.57 Å². The minimum Gasteiger partial charge on any atom is -0.324 e. The zero-order chi connectivity index (χ0) is 14.7. The van der Waals surface area contributed by atoms with Crippen LogP contribution in [-0.2, 0) is 6.42 Å². The smallest absolute Gasteiger partial charge is 0.241 e. The van der Waals surface area contributed by atoms with Crippen LogP contribution in [0.25, 0.3) is 5.95 Å². The number of hydrogen-bond acceptors (Lipinski definition) is 5. The molecule has 0 radical (unpaired) electrons. The monoisotopic (exact) mass is 300 g/mol. The molecule has 21 heavy (non-hydrogen) atoms. The standard InChI is InChI=1S/C14H13ClN6/c1-2-10-4-3-5-11(8-10)17-13-18-12(15)19-14(20-13)21-7-6-16-9-21/h3-9H,2H2,1H3,(H,17,18,19,20). The molecule has 3 aromatic rings. The summed E-state index contributed by atoms with van der Waals surface area (Å²) in [6.07, 6.45) is 5.96. The fourth-order valence-electron chi connectivity index (χ4n) is 1.89. The van der Waals surface area contributed by atoms with E-state index in [2.05, 4.69) is 44.3 Å². The topological polar surface area (TPSA) is 68.5 Å². The fraction of sp³-hybridized carbons (Fsp3) is 0.143. The highest BCUT2D eigenvalue weighted by Crippen LogP contribution is 2.17. The predicted octanol–water partition coefficient (Wildman–Crippen LogP) is 3.02. The van der Waals surface area contributed by atoms with Crippen molar-refractivity contribution < 1.29 is 0 Å². The van der Waals surface area contributed by atoms with E-state index < -0.39 is 0 Å². The van der Waals surface area contributed by atoms with Gasteiger partial charge < -0.3 is 5.32 Å². The minimum atomic E-state index is 0.128. The third-order valence-electron chi connectivity index (χ3n) is 2.92. The molecule has 2 aromatic heterocycles. The first-order chi connectivity index (χ1) is 10.2. The lowest BCUT2D eigenvalue weighted by molar-refractivity contribution is 0.899. The van der Waals surface area contributed by atoms with Crippen molar-refractivity contribution >= 4 is 23.2 Å². The van der Waals surface area contributed by atoms with Gasteiger partial charge in [-0.2, -0.15) is 15.0 Å². The first kappa shape index (κ1) is 13.5. The van der Waals surface area contributed by atoms with E-state index in [1.807, 2.05) is 12.1 Å². The van der Waals surface area contributed by atoms with Crippen molar-refractivity contribution in [1.82, 2.24) is 24.5 Å². The lowest BCUT2D eigenvalue weighted by Gasteiger charge is -2.08. The Balaban J connectivity index is 1.91. The first-order valence-corrected chi connectivity index (χ1v) is 6.88. The number of benzene rings is 1. The molecule has 1 N–H and O–H groups in total. The Morgan fingerprint density at radius 1 is 1.24 bits per heavy atom. The van der Waals surface area contributed by atoms with Crippen molar-refractivity contribution in [3.05, 3.63) is 53.8 Å². The van der Waals surface area contributed by atoms with Gasteiger partial charge in [-0.05, 0) is 35.7 Å². The van der Waals surface area contributed by atoms with Crippen molar-refractivity contribution in [2.45, 2.75) is 13.3 Å². The number of hydrogen-bond donors (Lipinski definition) is 1. The van der Waals surface area contributed by atoms with Gasteiger partial charge in [0.15, 0.2) is 0 Å². The summed E-state index contributed by atoms with van der Waals surface area (Å²) in [6.45, 7) is 2.11. The molecular formula is C14H13ClN6. The van der Waals surface area contributed by atoms with Crippen molar-refractivity contribution in [1.29, 1.82) is 0 Å². The molecule has 0 aliphatic carbocycles. The minimum absolute atomic E-state index is 0.128. The maximum absolute atomic E-state index is 5.96. The van der Waals surface area contributed by atoms with E-state index in [1.165, 1.54) is 5.56 Å². The van der Waals surface area contributed by atoms with Gasteiger partial charge >= 0.3 is 0 Å². The average Bonchev–Trinajstić information content (AvgIpc) is 3.01. The van der Waals surface area contributed by atoms with Crippen LogP contribution in [-0.4, -0.2) is 24.5 Å². The van der Waals surface area contributed by atoms with Crippen LogP contribution in [0, 0.1) is 0 Å². The summed E-state index contributed by atoms with van der Waals surface area (Å²) in [4.78, 5) is 16.5. The molecular weight excluding hydrogens is 288 g/mol. The Kier molecular flexibility index (Phi) is 3.79. The molecule has 0 aliphatic rings. The van der Waals surface area contributed by atoms with E-state index in [9.17, 15) is 0 Å². The summed E-state index contributed by atoms with van der Waals surface area (Å²) < 4.78 is 1.67. The quantitative estimate of drug-likeness (QED) is 0.802. The SMILES string of the molecule is CCc1cccc(Nc2nc(Cl)nc(-n3ccnc3)n2)c1.